The van der Waals surface area contributed by atoms with E-state index in [1.165, 1.54) is 0 Å². The number of rotatable bonds is 5. The summed E-state index contributed by atoms with van der Waals surface area (Å²) in [6, 6.07) is 9.93. The Kier molecular flexibility index (Phi) is 5.83. The Morgan fingerprint density at radius 1 is 1.26 bits per heavy atom. The molecule has 0 radical (unpaired) electrons. The van der Waals surface area contributed by atoms with E-state index in [-0.39, 0.29) is 6.10 Å². The maximum absolute atomic E-state index is 11.4. The van der Waals surface area contributed by atoms with Crippen LogP contribution in [-0.4, -0.2) is 24.3 Å². The second-order valence-corrected chi connectivity index (χ2v) is 5.49. The van der Waals surface area contributed by atoms with Gasteiger partial charge in [0.25, 0.3) is 0 Å². The van der Waals surface area contributed by atoms with Gasteiger partial charge in [0, 0.05) is 6.54 Å². The summed E-state index contributed by atoms with van der Waals surface area (Å²) < 4.78 is 10.8. The SMILES string of the molecule is C[C@@H](CNC(=O)OC(C)(C)C)OCc1ccccc1. The van der Waals surface area contributed by atoms with E-state index in [0.717, 1.165) is 5.56 Å². The van der Waals surface area contributed by atoms with Gasteiger partial charge >= 0.3 is 6.09 Å². The van der Waals surface area contributed by atoms with Crippen molar-refractivity contribution < 1.29 is 14.3 Å². The highest BCUT2D eigenvalue weighted by Crippen LogP contribution is 2.07. The van der Waals surface area contributed by atoms with E-state index in [0.29, 0.717) is 13.2 Å². The highest BCUT2D eigenvalue weighted by molar-refractivity contribution is 5.67. The number of benzene rings is 1. The quantitative estimate of drug-likeness (QED) is 0.889. The van der Waals surface area contributed by atoms with Crippen LogP contribution in [0.15, 0.2) is 30.3 Å². The Bertz CT molecular complexity index is 384. The zero-order chi connectivity index (χ0) is 14.3. The Balaban J connectivity index is 2.21. The molecule has 1 N–H and O–H groups in total. The van der Waals surface area contributed by atoms with Crippen LogP contribution in [0.4, 0.5) is 4.79 Å². The van der Waals surface area contributed by atoms with Gasteiger partial charge in [0.1, 0.15) is 5.60 Å². The lowest BCUT2D eigenvalue weighted by atomic mass is 10.2. The fraction of sp³-hybridized carbons (Fsp3) is 0.533. The third kappa shape index (κ3) is 7.47. The van der Waals surface area contributed by atoms with Crippen molar-refractivity contribution in [2.24, 2.45) is 0 Å². The topological polar surface area (TPSA) is 47.6 Å². The van der Waals surface area contributed by atoms with Gasteiger partial charge in [0.2, 0.25) is 0 Å². The predicted molar refractivity (Wildman–Crippen MR) is 74.9 cm³/mol. The van der Waals surface area contributed by atoms with Crippen LogP contribution in [0.5, 0.6) is 0 Å². The van der Waals surface area contributed by atoms with Crippen LogP contribution >= 0.6 is 0 Å². The van der Waals surface area contributed by atoms with Gasteiger partial charge in [-0.2, -0.15) is 0 Å². The van der Waals surface area contributed by atoms with Crippen LogP contribution in [0.3, 0.4) is 0 Å². The number of alkyl carbamates (subject to hydrolysis) is 1. The molecule has 0 spiro atoms. The van der Waals surface area contributed by atoms with Gasteiger partial charge in [-0.15, -0.1) is 0 Å². The summed E-state index contributed by atoms with van der Waals surface area (Å²) >= 11 is 0. The number of carbonyl (C=O) groups excluding carboxylic acids is 1. The fourth-order valence-corrected chi connectivity index (χ4v) is 1.41. The molecule has 0 unspecified atom stereocenters. The van der Waals surface area contributed by atoms with Gasteiger partial charge in [0.05, 0.1) is 12.7 Å². The average molecular weight is 265 g/mol. The minimum Gasteiger partial charge on any atom is -0.444 e. The maximum atomic E-state index is 11.4. The van der Waals surface area contributed by atoms with E-state index in [9.17, 15) is 4.79 Å². The summed E-state index contributed by atoms with van der Waals surface area (Å²) in [5, 5.41) is 2.69. The molecule has 0 aromatic heterocycles. The summed E-state index contributed by atoms with van der Waals surface area (Å²) in [6.07, 6.45) is -0.476. The molecule has 0 heterocycles. The van der Waals surface area contributed by atoms with E-state index >= 15 is 0 Å². The van der Waals surface area contributed by atoms with Gasteiger partial charge in [0.15, 0.2) is 0 Å². The van der Waals surface area contributed by atoms with Crippen LogP contribution in [0.1, 0.15) is 33.3 Å². The van der Waals surface area contributed by atoms with E-state index in [1.54, 1.807) is 0 Å². The van der Waals surface area contributed by atoms with Gasteiger partial charge in [-0.1, -0.05) is 30.3 Å². The molecule has 1 rings (SSSR count). The Morgan fingerprint density at radius 2 is 1.89 bits per heavy atom. The smallest absolute Gasteiger partial charge is 0.407 e. The van der Waals surface area contributed by atoms with Gasteiger partial charge in [-0.3, -0.25) is 0 Å². The zero-order valence-corrected chi connectivity index (χ0v) is 12.1. The second-order valence-electron chi connectivity index (χ2n) is 5.49. The number of ether oxygens (including phenoxy) is 2. The zero-order valence-electron chi connectivity index (χ0n) is 12.1. The molecule has 0 aliphatic heterocycles. The Labute approximate surface area is 115 Å². The Morgan fingerprint density at radius 3 is 2.47 bits per heavy atom. The largest absolute Gasteiger partial charge is 0.444 e. The van der Waals surface area contributed by atoms with Gasteiger partial charge in [-0.05, 0) is 33.3 Å². The molecule has 1 aromatic carbocycles. The van der Waals surface area contributed by atoms with Crippen LogP contribution in [0.25, 0.3) is 0 Å². The normalized spacial score (nSPS) is 12.8. The molecule has 0 saturated heterocycles. The van der Waals surface area contributed by atoms with Gasteiger partial charge < -0.3 is 14.8 Å². The second kappa shape index (κ2) is 7.14. The van der Waals surface area contributed by atoms with Crippen molar-refractivity contribution in [2.75, 3.05) is 6.54 Å². The number of hydrogen-bond donors (Lipinski definition) is 1. The molecule has 0 bridgehead atoms. The summed E-state index contributed by atoms with van der Waals surface area (Å²) in [5.41, 5.74) is 0.643. The predicted octanol–water partition coefficient (Wildman–Crippen LogP) is 3.12. The molecule has 0 fully saturated rings. The average Bonchev–Trinajstić information content (AvgIpc) is 2.33. The third-order valence-corrected chi connectivity index (χ3v) is 2.31. The molecule has 1 atom stereocenters. The number of hydrogen-bond acceptors (Lipinski definition) is 3. The monoisotopic (exact) mass is 265 g/mol. The summed E-state index contributed by atoms with van der Waals surface area (Å²) in [4.78, 5) is 11.4. The number of nitrogens with one attached hydrogen (secondary N) is 1. The molecule has 4 nitrogen and oxygen atoms in total. The highest BCUT2D eigenvalue weighted by Gasteiger charge is 2.16. The van der Waals surface area contributed by atoms with Crippen molar-refractivity contribution >= 4 is 6.09 Å². The van der Waals surface area contributed by atoms with Crippen molar-refractivity contribution in [3.8, 4) is 0 Å². The lowest BCUT2D eigenvalue weighted by Gasteiger charge is -2.21. The van der Waals surface area contributed by atoms with E-state index in [2.05, 4.69) is 5.32 Å². The molecule has 1 aromatic rings. The standard InChI is InChI=1S/C15H23NO3/c1-12(10-16-14(17)19-15(2,3)4)18-11-13-8-6-5-7-9-13/h5-9,12H,10-11H2,1-4H3,(H,16,17)/t12-/m0/s1. The number of amides is 1. The summed E-state index contributed by atoms with van der Waals surface area (Å²) in [7, 11) is 0. The van der Waals surface area contributed by atoms with Crippen LogP contribution in [0, 0.1) is 0 Å². The highest BCUT2D eigenvalue weighted by atomic mass is 16.6. The fourth-order valence-electron chi connectivity index (χ4n) is 1.41. The van der Waals surface area contributed by atoms with Crippen molar-refractivity contribution in [3.05, 3.63) is 35.9 Å². The lowest BCUT2D eigenvalue weighted by Crippen LogP contribution is -2.36. The van der Waals surface area contributed by atoms with Crippen LogP contribution < -0.4 is 5.32 Å². The van der Waals surface area contributed by atoms with Gasteiger partial charge in [-0.25, -0.2) is 4.79 Å². The molecular weight excluding hydrogens is 242 g/mol. The molecule has 19 heavy (non-hydrogen) atoms. The lowest BCUT2D eigenvalue weighted by molar-refractivity contribution is 0.0349. The minimum atomic E-state index is -0.474. The van der Waals surface area contributed by atoms with Crippen molar-refractivity contribution in [1.82, 2.24) is 5.32 Å². The van der Waals surface area contributed by atoms with E-state index in [1.807, 2.05) is 58.0 Å². The molecule has 0 aliphatic rings. The molecule has 4 heteroatoms. The first kappa shape index (κ1) is 15.5. The van der Waals surface area contributed by atoms with Crippen molar-refractivity contribution in [1.29, 1.82) is 0 Å². The molecular formula is C15H23NO3. The molecule has 0 aliphatic carbocycles. The third-order valence-electron chi connectivity index (χ3n) is 2.31. The molecule has 106 valence electrons. The van der Waals surface area contributed by atoms with Crippen LogP contribution in [0.2, 0.25) is 0 Å². The molecule has 0 saturated carbocycles. The molecule has 1 amide bonds. The van der Waals surface area contributed by atoms with Crippen molar-refractivity contribution in [2.45, 2.75) is 46.0 Å². The first-order chi connectivity index (χ1) is 8.87. The summed E-state index contributed by atoms with van der Waals surface area (Å²) in [6.45, 7) is 8.39. The van der Waals surface area contributed by atoms with Crippen LogP contribution in [-0.2, 0) is 16.1 Å². The summed E-state index contributed by atoms with van der Waals surface area (Å²) in [5.74, 6) is 0. The number of carbonyl (C=O) groups is 1. The van der Waals surface area contributed by atoms with E-state index < -0.39 is 11.7 Å². The first-order valence-corrected chi connectivity index (χ1v) is 6.49. The Hall–Kier alpha value is -1.55. The first-order valence-electron chi connectivity index (χ1n) is 6.49. The minimum absolute atomic E-state index is 0.0623. The maximum Gasteiger partial charge on any atom is 0.407 e. The van der Waals surface area contributed by atoms with Crippen molar-refractivity contribution in [3.63, 3.8) is 0 Å². The van der Waals surface area contributed by atoms with E-state index in [4.69, 9.17) is 9.47 Å².